The van der Waals surface area contributed by atoms with Crippen LogP contribution in [0.15, 0.2) is 11.2 Å². The Morgan fingerprint density at radius 3 is 3.15 bits per heavy atom. The molecule has 0 aromatic carbocycles. The van der Waals surface area contributed by atoms with Gasteiger partial charge in [0.25, 0.3) is 0 Å². The zero-order valence-electron chi connectivity index (χ0n) is 11.4. The van der Waals surface area contributed by atoms with E-state index >= 15 is 0 Å². The van der Waals surface area contributed by atoms with Crippen LogP contribution in [0.3, 0.4) is 0 Å². The van der Waals surface area contributed by atoms with Gasteiger partial charge >= 0.3 is 5.97 Å². The molecule has 3 rings (SSSR count). The number of hydrogen-bond donors (Lipinski definition) is 0. The minimum atomic E-state index is -0.139. The van der Waals surface area contributed by atoms with Gasteiger partial charge in [0.15, 0.2) is 0 Å². The summed E-state index contributed by atoms with van der Waals surface area (Å²) in [4.78, 5) is 22.5. The molecule has 0 radical (unpaired) electrons. The number of carbonyl (C=O) groups is 1. The van der Waals surface area contributed by atoms with Crippen LogP contribution in [0.25, 0.3) is 0 Å². The highest BCUT2D eigenvalue weighted by Crippen LogP contribution is 2.26. The highest BCUT2D eigenvalue weighted by Gasteiger charge is 2.29. The van der Waals surface area contributed by atoms with E-state index in [4.69, 9.17) is 16.3 Å². The third kappa shape index (κ3) is 2.28. The summed E-state index contributed by atoms with van der Waals surface area (Å²) in [5.74, 6) is 0.663. The maximum Gasteiger partial charge on any atom is 0.310 e. The van der Waals surface area contributed by atoms with E-state index in [2.05, 4.69) is 19.4 Å². The first-order chi connectivity index (χ1) is 9.70. The number of aromatic nitrogens is 2. The van der Waals surface area contributed by atoms with Crippen molar-refractivity contribution in [2.24, 2.45) is 10.9 Å². The molecule has 3 heterocycles. The average Bonchev–Trinajstić information content (AvgIpc) is 2.92. The van der Waals surface area contributed by atoms with E-state index in [1.807, 2.05) is 0 Å². The summed E-state index contributed by atoms with van der Waals surface area (Å²) < 4.78 is 6.93. The van der Waals surface area contributed by atoms with Gasteiger partial charge in [0.05, 0.1) is 31.5 Å². The SMILES string of the molecule is COC(=O)C1CCCN(c2ncc3n2CCN=C3Cl)C1. The number of nitrogens with zero attached hydrogens (tertiary/aromatic N) is 4. The highest BCUT2D eigenvalue weighted by molar-refractivity contribution is 6.69. The fourth-order valence-corrected chi connectivity index (χ4v) is 3.09. The van der Waals surface area contributed by atoms with E-state index in [0.29, 0.717) is 18.3 Å². The second kappa shape index (κ2) is 5.44. The smallest absolute Gasteiger partial charge is 0.310 e. The molecule has 2 aliphatic rings. The standard InChI is InChI=1S/C13H17ClN4O2/c1-20-12(19)9-3-2-5-17(8-9)13-16-7-10-11(14)15-4-6-18(10)13/h7,9H,2-6,8H2,1H3. The number of carbonyl (C=O) groups excluding carboxylic acids is 1. The van der Waals surface area contributed by atoms with E-state index in [1.54, 1.807) is 6.20 Å². The van der Waals surface area contributed by atoms with Gasteiger partial charge in [-0.15, -0.1) is 0 Å². The Hall–Kier alpha value is -1.56. The first kappa shape index (κ1) is 13.4. The number of ether oxygens (including phenoxy) is 1. The summed E-state index contributed by atoms with van der Waals surface area (Å²) in [5.41, 5.74) is 0.855. The number of hydrogen-bond acceptors (Lipinski definition) is 5. The van der Waals surface area contributed by atoms with Crippen LogP contribution in [0.1, 0.15) is 18.5 Å². The lowest BCUT2D eigenvalue weighted by Gasteiger charge is -2.32. The molecule has 1 fully saturated rings. The third-order valence-corrected chi connectivity index (χ3v) is 4.17. The molecule has 0 aliphatic carbocycles. The van der Waals surface area contributed by atoms with Gasteiger partial charge in [-0.25, -0.2) is 4.98 Å². The van der Waals surface area contributed by atoms with Crippen molar-refractivity contribution in [2.45, 2.75) is 19.4 Å². The Bertz CT molecular complexity index is 555. The van der Waals surface area contributed by atoms with Crippen LogP contribution in [0.5, 0.6) is 0 Å². The lowest BCUT2D eigenvalue weighted by atomic mass is 9.98. The maximum absolute atomic E-state index is 11.7. The van der Waals surface area contributed by atoms with Crippen molar-refractivity contribution in [3.8, 4) is 0 Å². The van der Waals surface area contributed by atoms with Crippen molar-refractivity contribution in [1.29, 1.82) is 0 Å². The predicted molar refractivity (Wildman–Crippen MR) is 76.4 cm³/mol. The minimum Gasteiger partial charge on any atom is -0.469 e. The molecule has 108 valence electrons. The van der Waals surface area contributed by atoms with Crippen LogP contribution < -0.4 is 4.90 Å². The van der Waals surface area contributed by atoms with Gasteiger partial charge in [-0.1, -0.05) is 11.6 Å². The number of aliphatic imine (C=N–C) groups is 1. The summed E-state index contributed by atoms with van der Waals surface area (Å²) >= 11 is 6.10. The molecule has 1 aromatic heterocycles. The second-order valence-electron chi connectivity index (χ2n) is 5.08. The Balaban J connectivity index is 1.83. The first-order valence-corrected chi connectivity index (χ1v) is 7.17. The molecule has 1 aromatic rings. The number of halogens is 1. The summed E-state index contributed by atoms with van der Waals surface area (Å²) in [7, 11) is 1.44. The molecule has 0 bridgehead atoms. The molecular weight excluding hydrogens is 280 g/mol. The van der Waals surface area contributed by atoms with Crippen molar-refractivity contribution in [3.05, 3.63) is 11.9 Å². The fourth-order valence-electron chi connectivity index (χ4n) is 2.85. The lowest BCUT2D eigenvalue weighted by molar-refractivity contribution is -0.145. The lowest BCUT2D eigenvalue weighted by Crippen LogP contribution is -2.40. The Kier molecular flexibility index (Phi) is 3.65. The summed E-state index contributed by atoms with van der Waals surface area (Å²) in [5, 5.41) is 0.511. The van der Waals surface area contributed by atoms with Gasteiger partial charge in [0, 0.05) is 19.6 Å². The average molecular weight is 297 g/mol. The molecule has 1 unspecified atom stereocenters. The van der Waals surface area contributed by atoms with E-state index in [1.165, 1.54) is 7.11 Å². The molecule has 1 saturated heterocycles. The van der Waals surface area contributed by atoms with Crippen LogP contribution in [-0.2, 0) is 16.1 Å². The fraction of sp³-hybridized carbons (Fsp3) is 0.615. The minimum absolute atomic E-state index is 0.0746. The van der Waals surface area contributed by atoms with E-state index in [-0.39, 0.29) is 11.9 Å². The van der Waals surface area contributed by atoms with Gasteiger partial charge in [0.1, 0.15) is 5.17 Å². The first-order valence-electron chi connectivity index (χ1n) is 6.79. The Labute approximate surface area is 122 Å². The molecular formula is C13H17ClN4O2. The number of fused-ring (bicyclic) bond motifs is 1. The van der Waals surface area contributed by atoms with E-state index < -0.39 is 0 Å². The highest BCUT2D eigenvalue weighted by atomic mass is 35.5. The molecule has 20 heavy (non-hydrogen) atoms. The van der Waals surface area contributed by atoms with Gasteiger partial charge in [-0.3, -0.25) is 9.79 Å². The Morgan fingerprint density at radius 2 is 2.35 bits per heavy atom. The molecule has 0 N–H and O–H groups in total. The number of rotatable bonds is 2. The zero-order chi connectivity index (χ0) is 14.1. The van der Waals surface area contributed by atoms with Gasteiger partial charge in [0.2, 0.25) is 5.95 Å². The normalized spacial score (nSPS) is 22.2. The number of methoxy groups -OCH3 is 1. The summed E-state index contributed by atoms with van der Waals surface area (Å²) in [6.07, 6.45) is 3.59. The molecule has 7 heteroatoms. The van der Waals surface area contributed by atoms with Crippen molar-refractivity contribution < 1.29 is 9.53 Å². The molecule has 0 saturated carbocycles. The zero-order valence-corrected chi connectivity index (χ0v) is 12.1. The van der Waals surface area contributed by atoms with Crippen LogP contribution in [0, 0.1) is 5.92 Å². The van der Waals surface area contributed by atoms with Crippen LogP contribution in [0.4, 0.5) is 5.95 Å². The van der Waals surface area contributed by atoms with Crippen molar-refractivity contribution in [3.63, 3.8) is 0 Å². The molecule has 6 nitrogen and oxygen atoms in total. The second-order valence-corrected chi connectivity index (χ2v) is 5.43. The maximum atomic E-state index is 11.7. The quantitative estimate of drug-likeness (QED) is 0.771. The third-order valence-electron chi connectivity index (χ3n) is 3.86. The van der Waals surface area contributed by atoms with Crippen LogP contribution >= 0.6 is 11.6 Å². The molecule has 0 spiro atoms. The number of esters is 1. The number of anilines is 1. The van der Waals surface area contributed by atoms with Crippen molar-refractivity contribution in [1.82, 2.24) is 9.55 Å². The molecule has 2 aliphatic heterocycles. The topological polar surface area (TPSA) is 59.7 Å². The van der Waals surface area contributed by atoms with E-state index in [9.17, 15) is 4.79 Å². The Morgan fingerprint density at radius 1 is 1.50 bits per heavy atom. The monoisotopic (exact) mass is 296 g/mol. The van der Waals surface area contributed by atoms with E-state index in [0.717, 1.165) is 37.6 Å². The van der Waals surface area contributed by atoms with Crippen LogP contribution in [0.2, 0.25) is 0 Å². The molecule has 1 atom stereocenters. The molecule has 0 amide bonds. The summed E-state index contributed by atoms with van der Waals surface area (Å²) in [6.45, 7) is 3.00. The van der Waals surface area contributed by atoms with Gasteiger partial charge in [-0.2, -0.15) is 0 Å². The van der Waals surface area contributed by atoms with Crippen molar-refractivity contribution in [2.75, 3.05) is 31.6 Å². The van der Waals surface area contributed by atoms with Crippen LogP contribution in [-0.4, -0.2) is 47.4 Å². The van der Waals surface area contributed by atoms with Gasteiger partial charge in [-0.05, 0) is 12.8 Å². The largest absolute Gasteiger partial charge is 0.469 e. The summed E-state index contributed by atoms with van der Waals surface area (Å²) in [6, 6.07) is 0. The van der Waals surface area contributed by atoms with Crippen molar-refractivity contribution >= 4 is 28.7 Å². The predicted octanol–water partition coefficient (Wildman–Crippen LogP) is 1.27. The number of piperidine rings is 1. The van der Waals surface area contributed by atoms with Gasteiger partial charge < -0.3 is 14.2 Å². The number of imidazole rings is 1.